The molecule has 1 unspecified atom stereocenters. The van der Waals surface area contributed by atoms with Gasteiger partial charge in [0.05, 0.1) is 6.26 Å². The zero-order chi connectivity index (χ0) is 12.7. The van der Waals surface area contributed by atoms with Crippen LogP contribution in [-0.4, -0.2) is 22.0 Å². The third kappa shape index (κ3) is 1.45. The summed E-state index contributed by atoms with van der Waals surface area (Å²) >= 11 is 0. The van der Waals surface area contributed by atoms with E-state index in [1.807, 2.05) is 0 Å². The zero-order valence-electron chi connectivity index (χ0n) is 8.97. The van der Waals surface area contributed by atoms with Crippen LogP contribution < -0.4 is 10.1 Å². The SMILES string of the molecule is O=C(O)c1[nH]cc2c1OC(c1ccco1)C(=O)N2. The van der Waals surface area contributed by atoms with E-state index in [0.29, 0.717) is 11.4 Å². The molecule has 92 valence electrons. The molecule has 1 amide bonds. The molecule has 3 heterocycles. The monoisotopic (exact) mass is 248 g/mol. The molecule has 0 aliphatic carbocycles. The first-order chi connectivity index (χ1) is 8.66. The average molecular weight is 248 g/mol. The number of ether oxygens (including phenoxy) is 1. The van der Waals surface area contributed by atoms with Gasteiger partial charge in [-0.25, -0.2) is 4.79 Å². The van der Waals surface area contributed by atoms with Crippen LogP contribution in [0.3, 0.4) is 0 Å². The topological polar surface area (TPSA) is 105 Å². The van der Waals surface area contributed by atoms with Crippen LogP contribution in [0.1, 0.15) is 22.4 Å². The number of carbonyl (C=O) groups excluding carboxylic acids is 1. The highest BCUT2D eigenvalue weighted by Gasteiger charge is 2.34. The molecule has 0 fully saturated rings. The van der Waals surface area contributed by atoms with Gasteiger partial charge in [-0.1, -0.05) is 0 Å². The maximum absolute atomic E-state index is 11.8. The lowest BCUT2D eigenvalue weighted by molar-refractivity contribution is -0.124. The fourth-order valence-electron chi connectivity index (χ4n) is 1.78. The van der Waals surface area contributed by atoms with Gasteiger partial charge in [0, 0.05) is 6.20 Å². The summed E-state index contributed by atoms with van der Waals surface area (Å²) in [6.07, 6.45) is 1.80. The lowest BCUT2D eigenvalue weighted by atomic mass is 10.2. The molecule has 0 bridgehead atoms. The summed E-state index contributed by atoms with van der Waals surface area (Å²) in [7, 11) is 0. The first-order valence-corrected chi connectivity index (χ1v) is 5.12. The molecule has 18 heavy (non-hydrogen) atoms. The van der Waals surface area contributed by atoms with Gasteiger partial charge in [-0.2, -0.15) is 0 Å². The normalized spacial score (nSPS) is 17.8. The Hall–Kier alpha value is -2.70. The Morgan fingerprint density at radius 2 is 2.28 bits per heavy atom. The van der Waals surface area contributed by atoms with E-state index in [9.17, 15) is 9.59 Å². The fourth-order valence-corrected chi connectivity index (χ4v) is 1.78. The van der Waals surface area contributed by atoms with Crippen LogP contribution in [0.4, 0.5) is 5.69 Å². The number of hydrogen-bond donors (Lipinski definition) is 3. The van der Waals surface area contributed by atoms with Crippen LogP contribution in [0.2, 0.25) is 0 Å². The van der Waals surface area contributed by atoms with Gasteiger partial charge in [0.2, 0.25) is 6.10 Å². The van der Waals surface area contributed by atoms with E-state index in [1.54, 1.807) is 12.1 Å². The van der Waals surface area contributed by atoms with Crippen molar-refractivity contribution in [3.8, 4) is 5.75 Å². The molecule has 0 radical (unpaired) electrons. The smallest absolute Gasteiger partial charge is 0.356 e. The maximum atomic E-state index is 11.8. The largest absolute Gasteiger partial charge is 0.476 e. The van der Waals surface area contributed by atoms with Crippen LogP contribution in [0.15, 0.2) is 29.0 Å². The standard InChI is InChI=1S/C11H8N2O5/c14-10-9(6-2-1-3-17-6)18-8-5(13-10)4-12-7(8)11(15)16/h1-4,9,12H,(H,13,14)(H,15,16). The molecule has 7 nitrogen and oxygen atoms in total. The predicted molar refractivity (Wildman–Crippen MR) is 58.5 cm³/mol. The summed E-state index contributed by atoms with van der Waals surface area (Å²) in [5, 5.41) is 11.5. The van der Waals surface area contributed by atoms with Crippen molar-refractivity contribution in [2.45, 2.75) is 6.10 Å². The number of aromatic amines is 1. The van der Waals surface area contributed by atoms with Crippen LogP contribution in [0, 0.1) is 0 Å². The quantitative estimate of drug-likeness (QED) is 0.744. The van der Waals surface area contributed by atoms with E-state index in [2.05, 4.69) is 10.3 Å². The Balaban J connectivity index is 2.01. The van der Waals surface area contributed by atoms with Crippen molar-refractivity contribution >= 4 is 17.6 Å². The number of fused-ring (bicyclic) bond motifs is 1. The second-order valence-corrected chi connectivity index (χ2v) is 3.71. The maximum Gasteiger partial charge on any atom is 0.356 e. The number of rotatable bonds is 2. The summed E-state index contributed by atoms with van der Waals surface area (Å²) in [6.45, 7) is 0. The van der Waals surface area contributed by atoms with E-state index in [-0.39, 0.29) is 11.4 Å². The molecule has 1 aliphatic heterocycles. The minimum atomic E-state index is -1.16. The number of aromatic carboxylic acids is 1. The van der Waals surface area contributed by atoms with Crippen molar-refractivity contribution < 1.29 is 23.8 Å². The van der Waals surface area contributed by atoms with Gasteiger partial charge in [-0.05, 0) is 12.1 Å². The Kier molecular flexibility index (Phi) is 2.12. The summed E-state index contributed by atoms with van der Waals surface area (Å²) < 4.78 is 10.5. The highest BCUT2D eigenvalue weighted by atomic mass is 16.5. The van der Waals surface area contributed by atoms with Gasteiger partial charge in [-0.15, -0.1) is 0 Å². The fraction of sp³-hybridized carbons (Fsp3) is 0.0909. The Bertz CT molecular complexity index is 613. The number of carboxylic acid groups (broad SMARTS) is 1. The number of furan rings is 1. The Morgan fingerprint density at radius 3 is 2.94 bits per heavy atom. The van der Waals surface area contributed by atoms with Crippen LogP contribution >= 0.6 is 0 Å². The third-order valence-electron chi connectivity index (χ3n) is 2.58. The van der Waals surface area contributed by atoms with Gasteiger partial charge in [0.1, 0.15) is 5.69 Å². The molecule has 7 heteroatoms. The number of H-pyrrole nitrogens is 1. The molecular weight excluding hydrogens is 240 g/mol. The van der Waals surface area contributed by atoms with Crippen LogP contribution in [0.5, 0.6) is 5.75 Å². The van der Waals surface area contributed by atoms with Gasteiger partial charge in [-0.3, -0.25) is 4.79 Å². The van der Waals surface area contributed by atoms with E-state index in [1.165, 1.54) is 12.5 Å². The molecule has 2 aromatic rings. The van der Waals surface area contributed by atoms with E-state index < -0.39 is 18.0 Å². The molecule has 3 rings (SSSR count). The van der Waals surface area contributed by atoms with Crippen molar-refractivity contribution in [2.75, 3.05) is 5.32 Å². The van der Waals surface area contributed by atoms with Crippen molar-refractivity contribution in [1.82, 2.24) is 4.98 Å². The molecular formula is C11H8N2O5. The number of carbonyl (C=O) groups is 2. The molecule has 0 spiro atoms. The molecule has 0 saturated heterocycles. The first kappa shape index (κ1) is 10.5. The highest BCUT2D eigenvalue weighted by Crippen LogP contribution is 2.37. The molecule has 3 N–H and O–H groups in total. The molecule has 2 aromatic heterocycles. The summed E-state index contributed by atoms with van der Waals surface area (Å²) in [4.78, 5) is 25.3. The van der Waals surface area contributed by atoms with Crippen molar-refractivity contribution in [1.29, 1.82) is 0 Å². The molecule has 1 atom stereocenters. The molecule has 0 aromatic carbocycles. The highest BCUT2D eigenvalue weighted by molar-refractivity contribution is 6.01. The van der Waals surface area contributed by atoms with Crippen LogP contribution in [0.25, 0.3) is 0 Å². The lowest BCUT2D eigenvalue weighted by Gasteiger charge is -2.22. The summed E-state index contributed by atoms with van der Waals surface area (Å²) in [5.41, 5.74) is 0.196. The van der Waals surface area contributed by atoms with E-state index in [0.717, 1.165) is 0 Å². The zero-order valence-corrected chi connectivity index (χ0v) is 8.97. The number of aromatic nitrogens is 1. The Labute approximate surface area is 100 Å². The van der Waals surface area contributed by atoms with Crippen molar-refractivity contribution in [3.63, 3.8) is 0 Å². The number of hydrogen-bond acceptors (Lipinski definition) is 4. The lowest BCUT2D eigenvalue weighted by Crippen LogP contribution is -2.29. The van der Waals surface area contributed by atoms with Crippen LogP contribution in [-0.2, 0) is 4.79 Å². The Morgan fingerprint density at radius 1 is 1.44 bits per heavy atom. The minimum Gasteiger partial charge on any atom is -0.476 e. The number of nitrogens with one attached hydrogen (secondary N) is 2. The second kappa shape index (κ2) is 3.66. The van der Waals surface area contributed by atoms with Gasteiger partial charge < -0.3 is 24.6 Å². The van der Waals surface area contributed by atoms with Gasteiger partial charge in [0.15, 0.2) is 17.2 Å². The van der Waals surface area contributed by atoms with Gasteiger partial charge in [0.25, 0.3) is 5.91 Å². The van der Waals surface area contributed by atoms with Crippen molar-refractivity contribution in [3.05, 3.63) is 36.0 Å². The number of carboxylic acids is 1. The predicted octanol–water partition coefficient (Wildman–Crippen LogP) is 1.38. The van der Waals surface area contributed by atoms with E-state index >= 15 is 0 Å². The summed E-state index contributed by atoms with van der Waals surface area (Å²) in [5.74, 6) is -1.15. The van der Waals surface area contributed by atoms with Gasteiger partial charge >= 0.3 is 5.97 Å². The number of amides is 1. The molecule has 0 saturated carbocycles. The average Bonchev–Trinajstić information content (AvgIpc) is 2.95. The first-order valence-electron chi connectivity index (χ1n) is 5.12. The summed E-state index contributed by atoms with van der Waals surface area (Å²) in [6, 6.07) is 3.21. The number of anilines is 1. The van der Waals surface area contributed by atoms with Crippen molar-refractivity contribution in [2.24, 2.45) is 0 Å². The third-order valence-corrected chi connectivity index (χ3v) is 2.58. The van der Waals surface area contributed by atoms with E-state index in [4.69, 9.17) is 14.3 Å². The molecule has 1 aliphatic rings. The minimum absolute atomic E-state index is 0.100. The second-order valence-electron chi connectivity index (χ2n) is 3.71.